The summed E-state index contributed by atoms with van der Waals surface area (Å²) in [5.74, 6) is -0.941. The van der Waals surface area contributed by atoms with E-state index in [1.807, 2.05) is 0 Å². The minimum atomic E-state index is -1.14. The number of Topliss-reactive ketones (excluding diaryl/α,β-unsaturated/α-hetero) is 1. The Kier molecular flexibility index (Phi) is 2.28. The number of carboxylic acid groups (broad SMARTS) is 1. The van der Waals surface area contributed by atoms with E-state index in [1.54, 1.807) is 13.0 Å². The number of ketones is 1. The molecule has 0 spiro atoms. The predicted molar refractivity (Wildman–Crippen MR) is 40.0 cm³/mol. The SMILES string of the molecule is Cc1ccc(C(=O)CC(=O)O)o1. The lowest BCUT2D eigenvalue weighted by molar-refractivity contribution is -0.135. The van der Waals surface area contributed by atoms with Gasteiger partial charge in [0.2, 0.25) is 5.78 Å². The molecule has 0 saturated carbocycles. The molecule has 64 valence electrons. The molecule has 0 aromatic carbocycles. The maximum atomic E-state index is 11.0. The fourth-order valence-electron chi connectivity index (χ4n) is 0.809. The molecule has 12 heavy (non-hydrogen) atoms. The topological polar surface area (TPSA) is 67.5 Å². The molecule has 0 bridgehead atoms. The van der Waals surface area contributed by atoms with Gasteiger partial charge in [-0.05, 0) is 19.1 Å². The van der Waals surface area contributed by atoms with Crippen LogP contribution in [0.1, 0.15) is 22.7 Å². The maximum Gasteiger partial charge on any atom is 0.311 e. The standard InChI is InChI=1S/C8H8O4/c1-5-2-3-7(12-5)6(9)4-8(10)11/h2-3H,4H2,1H3,(H,10,11). The van der Waals surface area contributed by atoms with E-state index < -0.39 is 18.2 Å². The molecule has 1 aromatic rings. The fraction of sp³-hybridized carbons (Fsp3) is 0.250. The Morgan fingerprint density at radius 1 is 1.50 bits per heavy atom. The van der Waals surface area contributed by atoms with E-state index in [4.69, 9.17) is 9.52 Å². The highest BCUT2D eigenvalue weighted by Crippen LogP contribution is 2.08. The molecule has 4 heteroatoms. The molecule has 0 atom stereocenters. The first kappa shape index (κ1) is 8.52. The van der Waals surface area contributed by atoms with E-state index in [0.29, 0.717) is 5.76 Å². The van der Waals surface area contributed by atoms with Crippen LogP contribution in [0.4, 0.5) is 0 Å². The summed E-state index contributed by atoms with van der Waals surface area (Å²) in [5.41, 5.74) is 0. The van der Waals surface area contributed by atoms with E-state index in [0.717, 1.165) is 0 Å². The van der Waals surface area contributed by atoms with Crippen molar-refractivity contribution in [3.63, 3.8) is 0 Å². The van der Waals surface area contributed by atoms with Gasteiger partial charge in [-0.2, -0.15) is 0 Å². The van der Waals surface area contributed by atoms with E-state index in [-0.39, 0.29) is 5.76 Å². The van der Waals surface area contributed by atoms with Crippen LogP contribution in [-0.2, 0) is 4.79 Å². The lowest BCUT2D eigenvalue weighted by Crippen LogP contribution is -2.05. The molecule has 0 radical (unpaired) electrons. The molecule has 4 nitrogen and oxygen atoms in total. The number of furan rings is 1. The highest BCUT2D eigenvalue weighted by atomic mass is 16.4. The van der Waals surface area contributed by atoms with Crippen LogP contribution in [0.3, 0.4) is 0 Å². The number of aryl methyl sites for hydroxylation is 1. The monoisotopic (exact) mass is 168 g/mol. The Bertz CT molecular complexity index is 311. The molecule has 0 aliphatic heterocycles. The van der Waals surface area contributed by atoms with Gasteiger partial charge in [-0.3, -0.25) is 9.59 Å². The van der Waals surface area contributed by atoms with Gasteiger partial charge >= 0.3 is 5.97 Å². The first-order valence-corrected chi connectivity index (χ1v) is 3.41. The van der Waals surface area contributed by atoms with Crippen molar-refractivity contribution < 1.29 is 19.1 Å². The Balaban J connectivity index is 2.72. The van der Waals surface area contributed by atoms with Gasteiger partial charge in [0.05, 0.1) is 0 Å². The largest absolute Gasteiger partial charge is 0.481 e. The van der Waals surface area contributed by atoms with Crippen molar-refractivity contribution in [3.05, 3.63) is 23.7 Å². The van der Waals surface area contributed by atoms with Crippen LogP contribution in [0.15, 0.2) is 16.5 Å². The quantitative estimate of drug-likeness (QED) is 0.544. The molecule has 1 N–H and O–H groups in total. The van der Waals surface area contributed by atoms with Gasteiger partial charge in [0, 0.05) is 0 Å². The van der Waals surface area contributed by atoms with Crippen LogP contribution >= 0.6 is 0 Å². The second-order valence-corrected chi connectivity index (χ2v) is 2.40. The zero-order valence-electron chi connectivity index (χ0n) is 6.53. The van der Waals surface area contributed by atoms with E-state index in [1.165, 1.54) is 6.07 Å². The maximum absolute atomic E-state index is 11.0. The zero-order valence-corrected chi connectivity index (χ0v) is 6.53. The van der Waals surface area contributed by atoms with Crippen LogP contribution in [0.2, 0.25) is 0 Å². The summed E-state index contributed by atoms with van der Waals surface area (Å²) in [6, 6.07) is 3.09. The third-order valence-corrected chi connectivity index (χ3v) is 1.33. The first-order valence-electron chi connectivity index (χ1n) is 3.41. The van der Waals surface area contributed by atoms with Gasteiger partial charge in [-0.1, -0.05) is 0 Å². The summed E-state index contributed by atoms with van der Waals surface area (Å²) in [7, 11) is 0. The first-order chi connectivity index (χ1) is 5.59. The van der Waals surface area contributed by atoms with Gasteiger partial charge in [0.15, 0.2) is 5.76 Å². The second-order valence-electron chi connectivity index (χ2n) is 2.40. The Labute approximate surface area is 68.8 Å². The van der Waals surface area contributed by atoms with Crippen molar-refractivity contribution in [1.29, 1.82) is 0 Å². The van der Waals surface area contributed by atoms with E-state index in [9.17, 15) is 9.59 Å². The zero-order chi connectivity index (χ0) is 9.14. The molecule has 0 saturated heterocycles. The fourth-order valence-corrected chi connectivity index (χ4v) is 0.809. The molecule has 1 heterocycles. The van der Waals surface area contributed by atoms with Gasteiger partial charge in [0.25, 0.3) is 0 Å². The molecule has 1 rings (SSSR count). The van der Waals surface area contributed by atoms with Crippen LogP contribution < -0.4 is 0 Å². The van der Waals surface area contributed by atoms with Crippen molar-refractivity contribution in [2.45, 2.75) is 13.3 Å². The third kappa shape index (κ3) is 1.95. The molecular formula is C8H8O4. The van der Waals surface area contributed by atoms with Crippen molar-refractivity contribution >= 4 is 11.8 Å². The van der Waals surface area contributed by atoms with Gasteiger partial charge in [0.1, 0.15) is 12.2 Å². The summed E-state index contributed by atoms with van der Waals surface area (Å²) < 4.78 is 4.93. The number of hydrogen-bond donors (Lipinski definition) is 1. The highest BCUT2D eigenvalue weighted by Gasteiger charge is 2.13. The molecule has 0 unspecified atom stereocenters. The summed E-state index contributed by atoms with van der Waals surface area (Å²) in [4.78, 5) is 21.1. The number of rotatable bonds is 3. The Morgan fingerprint density at radius 2 is 2.17 bits per heavy atom. The Hall–Kier alpha value is -1.58. The third-order valence-electron chi connectivity index (χ3n) is 1.33. The van der Waals surface area contributed by atoms with Crippen molar-refractivity contribution in [2.75, 3.05) is 0 Å². The van der Waals surface area contributed by atoms with E-state index >= 15 is 0 Å². The minimum Gasteiger partial charge on any atom is -0.481 e. The summed E-state index contributed by atoms with van der Waals surface area (Å²) in [6.07, 6.45) is -0.521. The van der Waals surface area contributed by atoms with Crippen molar-refractivity contribution in [1.82, 2.24) is 0 Å². The number of carboxylic acids is 1. The number of carbonyl (C=O) groups is 2. The Morgan fingerprint density at radius 3 is 2.58 bits per heavy atom. The van der Waals surface area contributed by atoms with Gasteiger partial charge < -0.3 is 9.52 Å². The normalized spacial score (nSPS) is 9.75. The molecule has 0 aliphatic rings. The van der Waals surface area contributed by atoms with Gasteiger partial charge in [-0.15, -0.1) is 0 Å². The van der Waals surface area contributed by atoms with E-state index in [2.05, 4.69) is 0 Å². The van der Waals surface area contributed by atoms with Crippen LogP contribution in [0, 0.1) is 6.92 Å². The van der Waals surface area contributed by atoms with Gasteiger partial charge in [-0.25, -0.2) is 0 Å². The van der Waals surface area contributed by atoms with Crippen LogP contribution in [-0.4, -0.2) is 16.9 Å². The molecule has 0 fully saturated rings. The number of aliphatic carboxylic acids is 1. The number of hydrogen-bond acceptors (Lipinski definition) is 3. The lowest BCUT2D eigenvalue weighted by Gasteiger charge is -1.90. The average molecular weight is 168 g/mol. The second kappa shape index (κ2) is 3.21. The molecular weight excluding hydrogens is 160 g/mol. The minimum absolute atomic E-state index is 0.106. The molecule has 0 aliphatic carbocycles. The number of carbonyl (C=O) groups excluding carboxylic acids is 1. The summed E-state index contributed by atoms with van der Waals surface area (Å²) in [5, 5.41) is 8.29. The summed E-state index contributed by atoms with van der Waals surface area (Å²) >= 11 is 0. The molecule has 0 amide bonds. The van der Waals surface area contributed by atoms with Crippen LogP contribution in [0.25, 0.3) is 0 Å². The lowest BCUT2D eigenvalue weighted by atomic mass is 10.2. The van der Waals surface area contributed by atoms with Crippen LogP contribution in [0.5, 0.6) is 0 Å². The smallest absolute Gasteiger partial charge is 0.311 e. The molecule has 1 aromatic heterocycles. The van der Waals surface area contributed by atoms with Crippen molar-refractivity contribution in [3.8, 4) is 0 Å². The highest BCUT2D eigenvalue weighted by molar-refractivity contribution is 6.03. The van der Waals surface area contributed by atoms with Crippen molar-refractivity contribution in [2.24, 2.45) is 0 Å². The average Bonchev–Trinajstić information content (AvgIpc) is 2.34. The predicted octanol–water partition coefficient (Wildman–Crippen LogP) is 1.25. The summed E-state index contributed by atoms with van der Waals surface area (Å²) in [6.45, 7) is 1.69.